The fourth-order valence-electron chi connectivity index (χ4n) is 2.93. The van der Waals surface area contributed by atoms with Gasteiger partial charge in [-0.05, 0) is 31.9 Å². The Balaban J connectivity index is 2.08. The summed E-state index contributed by atoms with van der Waals surface area (Å²) < 4.78 is 0. The lowest BCUT2D eigenvalue weighted by Crippen LogP contribution is -2.60. The average molecular weight is 260 g/mol. The Hall–Kier alpha value is -0.860. The Bertz CT molecular complexity index is 376. The van der Waals surface area contributed by atoms with Crippen molar-refractivity contribution in [3.8, 4) is 0 Å². The van der Waals surface area contributed by atoms with Crippen LogP contribution < -0.4 is 5.32 Å². The van der Waals surface area contributed by atoms with Crippen LogP contribution >= 0.6 is 0 Å². The molecule has 2 nitrogen and oxygen atoms in total. The summed E-state index contributed by atoms with van der Waals surface area (Å²) in [4.78, 5) is 2.70. The van der Waals surface area contributed by atoms with Crippen LogP contribution in [0, 0.1) is 0 Å². The maximum atomic E-state index is 3.74. The summed E-state index contributed by atoms with van der Waals surface area (Å²) in [5, 5.41) is 3.74. The molecule has 2 atom stereocenters. The lowest BCUT2D eigenvalue weighted by molar-refractivity contribution is 0.0475. The molecule has 0 bridgehead atoms. The summed E-state index contributed by atoms with van der Waals surface area (Å²) in [6.07, 6.45) is 3.79. The molecule has 0 aliphatic carbocycles. The monoisotopic (exact) mass is 260 g/mol. The number of benzene rings is 1. The maximum absolute atomic E-state index is 3.74. The molecule has 2 rings (SSSR count). The molecule has 0 aromatic heterocycles. The van der Waals surface area contributed by atoms with E-state index in [4.69, 9.17) is 0 Å². The van der Waals surface area contributed by atoms with Crippen LogP contribution in [0.25, 0.3) is 0 Å². The van der Waals surface area contributed by atoms with Crippen molar-refractivity contribution in [2.24, 2.45) is 0 Å². The van der Waals surface area contributed by atoms with Crippen LogP contribution in [-0.2, 0) is 0 Å². The fourth-order valence-corrected chi connectivity index (χ4v) is 2.93. The number of hydrogen-bond acceptors (Lipinski definition) is 2. The second-order valence-corrected chi connectivity index (χ2v) is 5.99. The first-order valence-electron chi connectivity index (χ1n) is 7.73. The zero-order chi connectivity index (χ0) is 13.7. The van der Waals surface area contributed by atoms with Gasteiger partial charge in [0.2, 0.25) is 0 Å². The predicted octanol–water partition coefficient (Wildman–Crippen LogP) is 3.60. The molecule has 1 saturated heterocycles. The van der Waals surface area contributed by atoms with Gasteiger partial charge in [0.25, 0.3) is 0 Å². The molecule has 1 aromatic carbocycles. The van der Waals surface area contributed by atoms with Gasteiger partial charge in [-0.25, -0.2) is 0 Å². The molecule has 1 fully saturated rings. The van der Waals surface area contributed by atoms with E-state index in [9.17, 15) is 0 Å². The van der Waals surface area contributed by atoms with Gasteiger partial charge in [-0.15, -0.1) is 0 Å². The molecule has 19 heavy (non-hydrogen) atoms. The van der Waals surface area contributed by atoms with Crippen molar-refractivity contribution >= 4 is 0 Å². The van der Waals surface area contributed by atoms with Gasteiger partial charge in [0, 0.05) is 24.7 Å². The van der Waals surface area contributed by atoms with Crippen LogP contribution in [0.1, 0.15) is 51.6 Å². The minimum atomic E-state index is 0.320. The molecular weight excluding hydrogens is 232 g/mol. The third-order valence-electron chi connectivity index (χ3n) is 4.64. The van der Waals surface area contributed by atoms with Gasteiger partial charge in [-0.2, -0.15) is 0 Å². The molecule has 0 radical (unpaired) electrons. The molecule has 2 unspecified atom stereocenters. The lowest BCUT2D eigenvalue weighted by atomic mass is 9.90. The Kier molecular flexibility index (Phi) is 5.00. The van der Waals surface area contributed by atoms with Crippen molar-refractivity contribution < 1.29 is 0 Å². The SMILES string of the molecule is CCCCN1CC(c2ccccc2)NCC1(C)CC. The van der Waals surface area contributed by atoms with E-state index in [-0.39, 0.29) is 0 Å². The number of unbranched alkanes of at least 4 members (excludes halogenated alkanes) is 1. The number of rotatable bonds is 5. The maximum Gasteiger partial charge on any atom is 0.0450 e. The van der Waals surface area contributed by atoms with Crippen LogP contribution in [0.3, 0.4) is 0 Å². The smallest absolute Gasteiger partial charge is 0.0450 e. The van der Waals surface area contributed by atoms with E-state index >= 15 is 0 Å². The Morgan fingerprint density at radius 1 is 1.26 bits per heavy atom. The first-order valence-corrected chi connectivity index (χ1v) is 7.73. The van der Waals surface area contributed by atoms with E-state index in [2.05, 4.69) is 61.3 Å². The largest absolute Gasteiger partial charge is 0.307 e. The van der Waals surface area contributed by atoms with E-state index in [0.29, 0.717) is 11.6 Å². The molecule has 1 aliphatic rings. The minimum absolute atomic E-state index is 0.320. The third-order valence-corrected chi connectivity index (χ3v) is 4.64. The number of nitrogens with zero attached hydrogens (tertiary/aromatic N) is 1. The molecule has 2 heteroatoms. The van der Waals surface area contributed by atoms with Crippen LogP contribution in [0.4, 0.5) is 0 Å². The van der Waals surface area contributed by atoms with Crippen molar-refractivity contribution in [3.05, 3.63) is 35.9 Å². The van der Waals surface area contributed by atoms with Gasteiger partial charge in [-0.3, -0.25) is 4.90 Å². The van der Waals surface area contributed by atoms with Gasteiger partial charge < -0.3 is 5.32 Å². The Morgan fingerprint density at radius 3 is 2.63 bits per heavy atom. The highest BCUT2D eigenvalue weighted by Crippen LogP contribution is 2.28. The van der Waals surface area contributed by atoms with E-state index in [1.807, 2.05) is 0 Å². The Labute approximate surface area is 118 Å². The molecule has 1 N–H and O–H groups in total. The summed E-state index contributed by atoms with van der Waals surface area (Å²) in [5.74, 6) is 0. The zero-order valence-corrected chi connectivity index (χ0v) is 12.7. The zero-order valence-electron chi connectivity index (χ0n) is 12.7. The highest BCUT2D eigenvalue weighted by Gasteiger charge is 2.36. The third kappa shape index (κ3) is 3.37. The quantitative estimate of drug-likeness (QED) is 0.870. The highest BCUT2D eigenvalue weighted by atomic mass is 15.3. The molecule has 1 heterocycles. The van der Waals surface area contributed by atoms with E-state index < -0.39 is 0 Å². The molecule has 106 valence electrons. The van der Waals surface area contributed by atoms with Crippen molar-refractivity contribution in [1.82, 2.24) is 10.2 Å². The summed E-state index contributed by atoms with van der Waals surface area (Å²) in [7, 11) is 0. The van der Waals surface area contributed by atoms with Crippen molar-refractivity contribution in [2.75, 3.05) is 19.6 Å². The van der Waals surface area contributed by atoms with E-state index in [0.717, 1.165) is 13.1 Å². The van der Waals surface area contributed by atoms with Crippen molar-refractivity contribution in [2.45, 2.75) is 51.6 Å². The molecule has 1 aliphatic heterocycles. The Morgan fingerprint density at radius 2 is 2.00 bits per heavy atom. The first-order chi connectivity index (χ1) is 9.19. The fraction of sp³-hybridized carbons (Fsp3) is 0.647. The average Bonchev–Trinajstić information content (AvgIpc) is 2.47. The second-order valence-electron chi connectivity index (χ2n) is 5.99. The summed E-state index contributed by atoms with van der Waals surface area (Å²) in [6.45, 7) is 10.4. The van der Waals surface area contributed by atoms with E-state index in [1.54, 1.807) is 0 Å². The molecule has 0 spiro atoms. The topological polar surface area (TPSA) is 15.3 Å². The van der Waals surface area contributed by atoms with Crippen molar-refractivity contribution in [3.63, 3.8) is 0 Å². The van der Waals surface area contributed by atoms with Crippen LogP contribution in [-0.4, -0.2) is 30.1 Å². The van der Waals surface area contributed by atoms with Crippen LogP contribution in [0.2, 0.25) is 0 Å². The summed E-state index contributed by atoms with van der Waals surface area (Å²) in [6, 6.07) is 11.3. The summed E-state index contributed by atoms with van der Waals surface area (Å²) >= 11 is 0. The molecule has 0 amide bonds. The van der Waals surface area contributed by atoms with Crippen LogP contribution in [0.15, 0.2) is 30.3 Å². The van der Waals surface area contributed by atoms with Gasteiger partial charge in [0.1, 0.15) is 0 Å². The summed E-state index contributed by atoms with van der Waals surface area (Å²) in [5.41, 5.74) is 1.74. The van der Waals surface area contributed by atoms with E-state index in [1.165, 1.54) is 31.4 Å². The van der Waals surface area contributed by atoms with Gasteiger partial charge >= 0.3 is 0 Å². The van der Waals surface area contributed by atoms with Crippen molar-refractivity contribution in [1.29, 1.82) is 0 Å². The lowest BCUT2D eigenvalue weighted by Gasteiger charge is -2.48. The van der Waals surface area contributed by atoms with Gasteiger partial charge in [-0.1, -0.05) is 50.6 Å². The number of hydrogen-bond donors (Lipinski definition) is 1. The molecular formula is C17H28N2. The predicted molar refractivity (Wildman–Crippen MR) is 82.4 cm³/mol. The highest BCUT2D eigenvalue weighted by molar-refractivity contribution is 5.20. The first kappa shape index (κ1) is 14.5. The second kappa shape index (κ2) is 6.53. The molecule has 1 aromatic rings. The standard InChI is InChI=1S/C17H28N2/c1-4-6-12-19-13-16(15-10-8-7-9-11-15)18-14-17(19,3)5-2/h7-11,16,18H,4-6,12-14H2,1-3H3. The van der Waals surface area contributed by atoms with Gasteiger partial charge in [0.15, 0.2) is 0 Å². The minimum Gasteiger partial charge on any atom is -0.307 e. The number of nitrogens with one attached hydrogen (secondary N) is 1. The van der Waals surface area contributed by atoms with Gasteiger partial charge in [0.05, 0.1) is 0 Å². The van der Waals surface area contributed by atoms with Crippen LogP contribution in [0.5, 0.6) is 0 Å². The number of piperazine rings is 1. The molecule has 0 saturated carbocycles. The normalized spacial score (nSPS) is 28.5.